The van der Waals surface area contributed by atoms with Gasteiger partial charge in [-0.25, -0.2) is 0 Å². The number of methoxy groups -OCH3 is 1. The molecule has 0 fully saturated rings. The van der Waals surface area contributed by atoms with Crippen molar-refractivity contribution >= 4 is 0 Å². The lowest BCUT2D eigenvalue weighted by atomic mass is 10.0. The first-order valence-corrected chi connectivity index (χ1v) is 7.70. The summed E-state index contributed by atoms with van der Waals surface area (Å²) in [7, 11) is 1.65. The molecule has 0 spiro atoms. The maximum absolute atomic E-state index is 6.05. The van der Waals surface area contributed by atoms with Crippen LogP contribution in [0.25, 0.3) is 0 Å². The monoisotopic (exact) mass is 295 g/mol. The van der Waals surface area contributed by atoms with Gasteiger partial charge in [0.1, 0.15) is 6.61 Å². The van der Waals surface area contributed by atoms with Crippen molar-refractivity contribution in [1.82, 2.24) is 0 Å². The number of benzene rings is 1. The first-order chi connectivity index (χ1) is 10.1. The predicted molar refractivity (Wildman–Crippen MR) is 86.1 cm³/mol. The van der Waals surface area contributed by atoms with E-state index in [1.807, 2.05) is 18.2 Å². The lowest BCUT2D eigenvalue weighted by molar-refractivity contribution is 0.0807. The van der Waals surface area contributed by atoms with Gasteiger partial charge in [-0.05, 0) is 30.4 Å². The molecule has 2 N–H and O–H groups in total. The fourth-order valence-electron chi connectivity index (χ4n) is 2.00. The van der Waals surface area contributed by atoms with Crippen LogP contribution in [-0.2, 0) is 11.2 Å². The molecule has 21 heavy (non-hydrogen) atoms. The molecule has 1 unspecified atom stereocenters. The Kier molecular flexibility index (Phi) is 8.16. The molecule has 120 valence electrons. The second kappa shape index (κ2) is 9.64. The number of rotatable bonds is 10. The molecule has 0 aliphatic rings. The van der Waals surface area contributed by atoms with Crippen LogP contribution in [0.15, 0.2) is 18.2 Å². The molecule has 1 atom stereocenters. The van der Waals surface area contributed by atoms with Gasteiger partial charge < -0.3 is 19.9 Å². The molecule has 1 aromatic rings. The van der Waals surface area contributed by atoms with Gasteiger partial charge in [0.25, 0.3) is 0 Å². The highest BCUT2D eigenvalue weighted by molar-refractivity contribution is 5.47. The lowest BCUT2D eigenvalue weighted by Gasteiger charge is -2.17. The Balaban J connectivity index is 2.64. The Morgan fingerprint density at radius 1 is 1.19 bits per heavy atom. The molecule has 0 heterocycles. The first kappa shape index (κ1) is 17.8. The van der Waals surface area contributed by atoms with Crippen LogP contribution >= 0.6 is 0 Å². The number of hydrogen-bond donors (Lipinski definition) is 1. The quantitative estimate of drug-likeness (QED) is 0.674. The minimum Gasteiger partial charge on any atom is -0.493 e. The van der Waals surface area contributed by atoms with Crippen LogP contribution in [0.3, 0.4) is 0 Å². The van der Waals surface area contributed by atoms with E-state index in [-0.39, 0.29) is 6.04 Å². The van der Waals surface area contributed by atoms with E-state index in [1.165, 1.54) is 0 Å². The number of nitrogens with two attached hydrogens (primary N) is 1. The molecule has 1 aromatic carbocycles. The zero-order valence-electron chi connectivity index (χ0n) is 13.7. The Labute approximate surface area is 128 Å². The van der Waals surface area contributed by atoms with Crippen LogP contribution < -0.4 is 15.2 Å². The maximum Gasteiger partial charge on any atom is 0.164 e. The zero-order valence-corrected chi connectivity index (χ0v) is 13.7. The summed E-state index contributed by atoms with van der Waals surface area (Å²) in [4.78, 5) is 0. The highest BCUT2D eigenvalue weighted by Crippen LogP contribution is 2.32. The fourth-order valence-corrected chi connectivity index (χ4v) is 2.00. The normalized spacial score (nSPS) is 12.5. The molecule has 0 aromatic heterocycles. The molecule has 0 radical (unpaired) electrons. The van der Waals surface area contributed by atoms with Crippen molar-refractivity contribution in [2.75, 3.05) is 26.9 Å². The maximum atomic E-state index is 6.05. The second-order valence-corrected chi connectivity index (χ2v) is 5.64. The average molecular weight is 295 g/mol. The van der Waals surface area contributed by atoms with E-state index in [0.717, 1.165) is 36.5 Å². The van der Waals surface area contributed by atoms with E-state index >= 15 is 0 Å². The molecule has 4 nitrogen and oxygen atoms in total. The molecule has 0 amide bonds. The van der Waals surface area contributed by atoms with Crippen LogP contribution in [-0.4, -0.2) is 33.0 Å². The fraction of sp³-hybridized carbons (Fsp3) is 0.647. The van der Waals surface area contributed by atoms with Gasteiger partial charge in [-0.15, -0.1) is 0 Å². The third-order valence-corrected chi connectivity index (χ3v) is 3.21. The minimum atomic E-state index is 0.136. The largest absolute Gasteiger partial charge is 0.493 e. The van der Waals surface area contributed by atoms with E-state index in [2.05, 4.69) is 20.8 Å². The Morgan fingerprint density at radius 2 is 1.95 bits per heavy atom. The van der Waals surface area contributed by atoms with Gasteiger partial charge in [0.05, 0.1) is 13.7 Å². The van der Waals surface area contributed by atoms with Gasteiger partial charge in [-0.1, -0.05) is 32.9 Å². The van der Waals surface area contributed by atoms with Gasteiger partial charge >= 0.3 is 0 Å². The van der Waals surface area contributed by atoms with Gasteiger partial charge in [0, 0.05) is 12.6 Å². The van der Waals surface area contributed by atoms with E-state index in [9.17, 15) is 0 Å². The second-order valence-electron chi connectivity index (χ2n) is 5.64. The molecule has 0 aliphatic carbocycles. The topological polar surface area (TPSA) is 53.7 Å². The summed E-state index contributed by atoms with van der Waals surface area (Å²) in [6, 6.07) is 6.06. The molecular formula is C17H29NO3. The summed E-state index contributed by atoms with van der Waals surface area (Å²) in [5, 5.41) is 0. The third-order valence-electron chi connectivity index (χ3n) is 3.21. The Morgan fingerprint density at radius 3 is 2.57 bits per heavy atom. The van der Waals surface area contributed by atoms with Crippen LogP contribution in [0.1, 0.15) is 32.8 Å². The lowest BCUT2D eigenvalue weighted by Crippen LogP contribution is -2.22. The van der Waals surface area contributed by atoms with Crippen molar-refractivity contribution in [2.24, 2.45) is 11.7 Å². The van der Waals surface area contributed by atoms with Crippen molar-refractivity contribution in [3.63, 3.8) is 0 Å². The van der Waals surface area contributed by atoms with E-state index in [0.29, 0.717) is 19.1 Å². The van der Waals surface area contributed by atoms with E-state index in [4.69, 9.17) is 19.9 Å². The highest BCUT2D eigenvalue weighted by Gasteiger charge is 2.13. The van der Waals surface area contributed by atoms with Crippen LogP contribution in [0.2, 0.25) is 0 Å². The van der Waals surface area contributed by atoms with E-state index < -0.39 is 0 Å². The Hall–Kier alpha value is -1.26. The van der Waals surface area contributed by atoms with Gasteiger partial charge in [-0.2, -0.15) is 0 Å². The van der Waals surface area contributed by atoms with Gasteiger partial charge in [-0.3, -0.25) is 0 Å². The summed E-state index contributed by atoms with van der Waals surface area (Å²) >= 11 is 0. The average Bonchev–Trinajstić information content (AvgIpc) is 2.47. The molecular weight excluding hydrogens is 266 g/mol. The summed E-state index contributed by atoms with van der Waals surface area (Å²) in [6.45, 7) is 8.20. The zero-order chi connectivity index (χ0) is 15.7. The van der Waals surface area contributed by atoms with E-state index in [1.54, 1.807) is 7.11 Å². The molecule has 4 heteroatoms. The number of para-hydroxylation sites is 1. The standard InChI is InChI=1S/C17H29NO3/c1-5-15(18)11-14-7-6-8-16(19-4)17(14)21-10-9-20-12-13(2)3/h6-8,13,15H,5,9-12,18H2,1-4H3. The third kappa shape index (κ3) is 6.36. The first-order valence-electron chi connectivity index (χ1n) is 7.70. The SMILES string of the molecule is CCC(N)Cc1cccc(OC)c1OCCOCC(C)C. The highest BCUT2D eigenvalue weighted by atomic mass is 16.5. The molecule has 0 aliphatic heterocycles. The van der Waals surface area contributed by atoms with Crippen molar-refractivity contribution in [1.29, 1.82) is 0 Å². The van der Waals surface area contributed by atoms with Crippen molar-refractivity contribution in [3.05, 3.63) is 23.8 Å². The molecule has 1 rings (SSSR count). The van der Waals surface area contributed by atoms with Crippen LogP contribution in [0.4, 0.5) is 0 Å². The van der Waals surface area contributed by atoms with Gasteiger partial charge in [0.2, 0.25) is 0 Å². The van der Waals surface area contributed by atoms with Crippen LogP contribution in [0.5, 0.6) is 11.5 Å². The predicted octanol–water partition coefficient (Wildman–Crippen LogP) is 3.03. The smallest absolute Gasteiger partial charge is 0.164 e. The number of ether oxygens (including phenoxy) is 3. The molecule has 0 bridgehead atoms. The van der Waals surface area contributed by atoms with Crippen LogP contribution in [0, 0.1) is 5.92 Å². The summed E-state index contributed by atoms with van der Waals surface area (Å²) in [6.07, 6.45) is 1.73. The van der Waals surface area contributed by atoms with Gasteiger partial charge in [0.15, 0.2) is 11.5 Å². The number of hydrogen-bond acceptors (Lipinski definition) is 4. The van der Waals surface area contributed by atoms with Crippen molar-refractivity contribution in [3.8, 4) is 11.5 Å². The van der Waals surface area contributed by atoms with Crippen molar-refractivity contribution in [2.45, 2.75) is 39.7 Å². The molecule has 0 saturated heterocycles. The minimum absolute atomic E-state index is 0.136. The summed E-state index contributed by atoms with van der Waals surface area (Å²) in [5.41, 5.74) is 7.14. The molecule has 0 saturated carbocycles. The Bertz CT molecular complexity index is 407. The van der Waals surface area contributed by atoms with Crippen molar-refractivity contribution < 1.29 is 14.2 Å². The summed E-state index contributed by atoms with van der Waals surface area (Å²) < 4.78 is 16.8. The summed E-state index contributed by atoms with van der Waals surface area (Å²) in [5.74, 6) is 2.08.